The molecule has 0 atom stereocenters. The molecule has 136 valence electrons. The van der Waals surface area contributed by atoms with Crippen molar-refractivity contribution in [3.63, 3.8) is 0 Å². The molecule has 1 aromatic carbocycles. The third-order valence-corrected chi connectivity index (χ3v) is 4.80. The molecule has 0 aliphatic heterocycles. The number of hydrogen-bond donors (Lipinski definition) is 3. The van der Waals surface area contributed by atoms with Crippen LogP contribution in [-0.2, 0) is 23.0 Å². The van der Waals surface area contributed by atoms with Gasteiger partial charge in [-0.05, 0) is 17.7 Å². The molecule has 0 amide bonds. The summed E-state index contributed by atoms with van der Waals surface area (Å²) in [7, 11) is -1.71. The summed E-state index contributed by atoms with van der Waals surface area (Å²) in [4.78, 5) is 4.07. The fourth-order valence-electron chi connectivity index (χ4n) is 2.14. The smallest absolute Gasteiger partial charge is 0.213 e. The SMILES string of the molecule is CN=C(NCCc1ccco1)NCCS(=O)(=O)NCc1ccccc1. The zero-order valence-corrected chi connectivity index (χ0v) is 15.1. The number of aliphatic imine (C=N–C) groups is 1. The first kappa shape index (κ1) is 19.0. The third kappa shape index (κ3) is 7.40. The first-order valence-corrected chi connectivity index (χ1v) is 9.72. The fraction of sp³-hybridized carbons (Fsp3) is 0.353. The van der Waals surface area contributed by atoms with Crippen LogP contribution in [0.1, 0.15) is 11.3 Å². The van der Waals surface area contributed by atoms with E-state index in [-0.39, 0.29) is 12.3 Å². The summed E-state index contributed by atoms with van der Waals surface area (Å²) in [6.45, 7) is 1.20. The normalized spacial score (nSPS) is 12.1. The Hall–Kier alpha value is -2.32. The molecule has 7 nitrogen and oxygen atoms in total. The molecule has 8 heteroatoms. The topological polar surface area (TPSA) is 95.7 Å². The Morgan fingerprint density at radius 1 is 1.08 bits per heavy atom. The van der Waals surface area contributed by atoms with Crippen LogP contribution in [0.5, 0.6) is 0 Å². The minimum atomic E-state index is -3.35. The van der Waals surface area contributed by atoms with Crippen molar-refractivity contribution in [2.24, 2.45) is 4.99 Å². The van der Waals surface area contributed by atoms with E-state index in [1.165, 1.54) is 0 Å². The van der Waals surface area contributed by atoms with E-state index < -0.39 is 10.0 Å². The highest BCUT2D eigenvalue weighted by Crippen LogP contribution is 2.00. The first-order valence-electron chi connectivity index (χ1n) is 8.07. The lowest BCUT2D eigenvalue weighted by molar-refractivity contribution is 0.507. The van der Waals surface area contributed by atoms with E-state index >= 15 is 0 Å². The van der Waals surface area contributed by atoms with Crippen LogP contribution >= 0.6 is 0 Å². The molecule has 1 heterocycles. The minimum absolute atomic E-state index is 0.0291. The van der Waals surface area contributed by atoms with Gasteiger partial charge < -0.3 is 15.1 Å². The quantitative estimate of drug-likeness (QED) is 0.458. The van der Waals surface area contributed by atoms with Crippen LogP contribution in [0, 0.1) is 0 Å². The predicted octanol–water partition coefficient (Wildman–Crippen LogP) is 1.11. The summed E-state index contributed by atoms with van der Waals surface area (Å²) in [6.07, 6.45) is 2.36. The standard InChI is InChI=1S/C17H24N4O3S/c1-18-17(19-10-9-16-8-5-12-24-16)20-11-13-25(22,23)21-14-15-6-3-2-4-7-15/h2-8,12,21H,9-11,13-14H2,1H3,(H2,18,19,20). The maximum Gasteiger partial charge on any atom is 0.213 e. The van der Waals surface area contributed by atoms with Crippen LogP contribution in [0.3, 0.4) is 0 Å². The van der Waals surface area contributed by atoms with Gasteiger partial charge in [-0.1, -0.05) is 30.3 Å². The molecule has 0 spiro atoms. The van der Waals surface area contributed by atoms with E-state index in [0.29, 0.717) is 19.0 Å². The van der Waals surface area contributed by atoms with Crippen molar-refractivity contribution in [3.8, 4) is 0 Å². The molecule has 0 aliphatic carbocycles. The van der Waals surface area contributed by atoms with Crippen LogP contribution in [0.2, 0.25) is 0 Å². The van der Waals surface area contributed by atoms with Crippen molar-refractivity contribution in [3.05, 3.63) is 60.1 Å². The van der Waals surface area contributed by atoms with Crippen LogP contribution in [-0.4, -0.2) is 40.3 Å². The molecule has 1 aromatic heterocycles. The van der Waals surface area contributed by atoms with Crippen molar-refractivity contribution >= 4 is 16.0 Å². The Labute approximate surface area is 148 Å². The maximum absolute atomic E-state index is 12.0. The van der Waals surface area contributed by atoms with Gasteiger partial charge in [0.15, 0.2) is 5.96 Å². The average Bonchev–Trinajstić information content (AvgIpc) is 3.13. The zero-order valence-electron chi connectivity index (χ0n) is 14.2. The summed E-state index contributed by atoms with van der Waals surface area (Å²) in [5.41, 5.74) is 0.925. The van der Waals surface area contributed by atoms with E-state index in [1.807, 2.05) is 42.5 Å². The molecule has 0 aliphatic rings. The Bertz CT molecular complexity index is 743. The summed E-state index contributed by atoms with van der Waals surface area (Å²) in [5, 5.41) is 6.11. The number of sulfonamides is 1. The summed E-state index contributed by atoms with van der Waals surface area (Å²) in [5.74, 6) is 1.42. The van der Waals surface area contributed by atoms with Gasteiger partial charge in [-0.25, -0.2) is 13.1 Å². The van der Waals surface area contributed by atoms with Gasteiger partial charge in [0.25, 0.3) is 0 Å². The van der Waals surface area contributed by atoms with Gasteiger partial charge in [0, 0.05) is 33.1 Å². The summed E-state index contributed by atoms with van der Waals surface area (Å²) < 4.78 is 31.9. The summed E-state index contributed by atoms with van der Waals surface area (Å²) >= 11 is 0. The number of hydrogen-bond acceptors (Lipinski definition) is 4. The number of guanidine groups is 1. The van der Waals surface area contributed by atoms with Gasteiger partial charge >= 0.3 is 0 Å². The van der Waals surface area contributed by atoms with E-state index in [2.05, 4.69) is 20.3 Å². The Morgan fingerprint density at radius 3 is 2.52 bits per heavy atom. The number of furan rings is 1. The lowest BCUT2D eigenvalue weighted by Crippen LogP contribution is -2.41. The number of nitrogens with one attached hydrogen (secondary N) is 3. The lowest BCUT2D eigenvalue weighted by Gasteiger charge is -2.12. The fourth-order valence-corrected chi connectivity index (χ4v) is 3.05. The second-order valence-electron chi connectivity index (χ2n) is 5.38. The van der Waals surface area contributed by atoms with Crippen molar-refractivity contribution < 1.29 is 12.8 Å². The molecular formula is C17H24N4O3S. The second kappa shape index (κ2) is 9.85. The van der Waals surface area contributed by atoms with Crippen LogP contribution in [0.15, 0.2) is 58.1 Å². The molecule has 0 saturated carbocycles. The van der Waals surface area contributed by atoms with Crippen molar-refractivity contribution in [2.45, 2.75) is 13.0 Å². The third-order valence-electron chi connectivity index (χ3n) is 3.47. The zero-order chi connectivity index (χ0) is 18.0. The Balaban J connectivity index is 1.66. The highest BCUT2D eigenvalue weighted by Gasteiger charge is 2.10. The van der Waals surface area contributed by atoms with Gasteiger partial charge in [-0.3, -0.25) is 4.99 Å². The first-order chi connectivity index (χ1) is 12.1. The lowest BCUT2D eigenvalue weighted by atomic mass is 10.2. The van der Waals surface area contributed by atoms with Crippen LogP contribution in [0.4, 0.5) is 0 Å². The Morgan fingerprint density at radius 2 is 1.84 bits per heavy atom. The molecule has 0 unspecified atom stereocenters. The molecule has 2 aromatic rings. The molecule has 0 saturated heterocycles. The number of nitrogens with zero attached hydrogens (tertiary/aromatic N) is 1. The van der Waals surface area contributed by atoms with Gasteiger partial charge in [-0.15, -0.1) is 0 Å². The average molecular weight is 364 g/mol. The molecule has 25 heavy (non-hydrogen) atoms. The maximum atomic E-state index is 12.0. The van der Waals surface area contributed by atoms with Gasteiger partial charge in [-0.2, -0.15) is 0 Å². The van der Waals surface area contributed by atoms with E-state index in [4.69, 9.17) is 4.42 Å². The highest BCUT2D eigenvalue weighted by molar-refractivity contribution is 7.89. The van der Waals surface area contributed by atoms with Crippen molar-refractivity contribution in [1.82, 2.24) is 15.4 Å². The predicted molar refractivity (Wildman–Crippen MR) is 98.8 cm³/mol. The molecule has 3 N–H and O–H groups in total. The van der Waals surface area contributed by atoms with E-state index in [0.717, 1.165) is 17.7 Å². The highest BCUT2D eigenvalue weighted by atomic mass is 32.2. The largest absolute Gasteiger partial charge is 0.469 e. The van der Waals surface area contributed by atoms with Crippen molar-refractivity contribution in [1.29, 1.82) is 0 Å². The van der Waals surface area contributed by atoms with Crippen LogP contribution in [0.25, 0.3) is 0 Å². The molecule has 0 fully saturated rings. The second-order valence-corrected chi connectivity index (χ2v) is 7.31. The van der Waals surface area contributed by atoms with Gasteiger partial charge in [0.2, 0.25) is 10.0 Å². The monoisotopic (exact) mass is 364 g/mol. The van der Waals surface area contributed by atoms with E-state index in [9.17, 15) is 8.42 Å². The van der Waals surface area contributed by atoms with Crippen molar-refractivity contribution in [2.75, 3.05) is 25.9 Å². The molecule has 0 bridgehead atoms. The molecule has 0 radical (unpaired) electrons. The number of rotatable bonds is 9. The van der Waals surface area contributed by atoms with Gasteiger partial charge in [0.1, 0.15) is 5.76 Å². The van der Waals surface area contributed by atoms with Gasteiger partial charge in [0.05, 0.1) is 12.0 Å². The number of benzene rings is 1. The molecule has 2 rings (SSSR count). The Kier molecular flexibility index (Phi) is 7.49. The summed E-state index contributed by atoms with van der Waals surface area (Å²) in [6, 6.07) is 13.2. The minimum Gasteiger partial charge on any atom is -0.469 e. The molecular weight excluding hydrogens is 340 g/mol. The van der Waals surface area contributed by atoms with Crippen LogP contribution < -0.4 is 15.4 Å². The van der Waals surface area contributed by atoms with E-state index in [1.54, 1.807) is 13.3 Å².